The van der Waals surface area contributed by atoms with Gasteiger partial charge in [-0.2, -0.15) is 5.10 Å². The van der Waals surface area contributed by atoms with Crippen LogP contribution in [0.5, 0.6) is 0 Å². The summed E-state index contributed by atoms with van der Waals surface area (Å²) in [6, 6.07) is 0. The Hall–Kier alpha value is -1.25. The molecule has 0 aromatic carbocycles. The maximum Gasteiger partial charge on any atom is 0.0871 e. The molecule has 0 amide bonds. The van der Waals surface area contributed by atoms with Crippen LogP contribution < -0.4 is 0 Å². The van der Waals surface area contributed by atoms with Gasteiger partial charge in [0.2, 0.25) is 0 Å². The summed E-state index contributed by atoms with van der Waals surface area (Å²) in [6.07, 6.45) is 2.06. The molecule has 0 unspecified atom stereocenters. The molecular weight excluding hydrogens is 150 g/mol. The summed E-state index contributed by atoms with van der Waals surface area (Å²) in [5.74, 6) is 0.540. The zero-order valence-electron chi connectivity index (χ0n) is 7.60. The van der Waals surface area contributed by atoms with Crippen LogP contribution in [0.15, 0.2) is 6.20 Å². The number of aryl methyl sites for hydroxylation is 1. The molecule has 0 saturated carbocycles. The van der Waals surface area contributed by atoms with Crippen molar-refractivity contribution in [3.63, 3.8) is 0 Å². The smallest absolute Gasteiger partial charge is 0.0871 e. The summed E-state index contributed by atoms with van der Waals surface area (Å²) < 4.78 is 0. The molecule has 2 N–H and O–H groups in total. The predicted molar refractivity (Wildman–Crippen MR) is 49.3 cm³/mol. The van der Waals surface area contributed by atoms with E-state index in [1.165, 1.54) is 5.56 Å². The Kier molecular flexibility index (Phi) is 1.46. The first-order chi connectivity index (χ1) is 5.70. The summed E-state index contributed by atoms with van der Waals surface area (Å²) in [6.45, 7) is 6.36. The van der Waals surface area contributed by atoms with Gasteiger partial charge in [-0.15, -0.1) is 0 Å². The summed E-state index contributed by atoms with van der Waals surface area (Å²) in [7, 11) is 0. The van der Waals surface area contributed by atoms with Gasteiger partial charge in [0.1, 0.15) is 0 Å². The maximum atomic E-state index is 4.14. The SMILES string of the molecule is Cc1n[nH]c2c(C(C)C)c[nH]c12. The van der Waals surface area contributed by atoms with Crippen molar-refractivity contribution >= 4 is 11.0 Å². The van der Waals surface area contributed by atoms with Gasteiger partial charge in [0.05, 0.1) is 16.7 Å². The second kappa shape index (κ2) is 2.37. The van der Waals surface area contributed by atoms with E-state index in [1.54, 1.807) is 0 Å². The van der Waals surface area contributed by atoms with Crippen LogP contribution in [-0.2, 0) is 0 Å². The topological polar surface area (TPSA) is 44.5 Å². The minimum atomic E-state index is 0.540. The Bertz CT molecular complexity index is 395. The van der Waals surface area contributed by atoms with E-state index >= 15 is 0 Å². The average Bonchev–Trinajstić information content (AvgIpc) is 2.53. The lowest BCUT2D eigenvalue weighted by Gasteiger charge is -1.98. The molecule has 0 radical (unpaired) electrons. The first kappa shape index (κ1) is 7.40. The van der Waals surface area contributed by atoms with Crippen molar-refractivity contribution in [2.24, 2.45) is 0 Å². The first-order valence-electron chi connectivity index (χ1n) is 4.22. The van der Waals surface area contributed by atoms with Gasteiger partial charge < -0.3 is 4.98 Å². The largest absolute Gasteiger partial charge is 0.358 e. The van der Waals surface area contributed by atoms with Gasteiger partial charge in [-0.25, -0.2) is 0 Å². The lowest BCUT2D eigenvalue weighted by Crippen LogP contribution is -1.84. The Morgan fingerprint density at radius 2 is 2.08 bits per heavy atom. The number of H-pyrrole nitrogens is 2. The lowest BCUT2D eigenvalue weighted by molar-refractivity contribution is 0.869. The van der Waals surface area contributed by atoms with Gasteiger partial charge in [0, 0.05) is 6.20 Å². The molecule has 2 heterocycles. The van der Waals surface area contributed by atoms with E-state index in [9.17, 15) is 0 Å². The number of aromatic amines is 2. The molecular formula is C9H13N3. The van der Waals surface area contributed by atoms with Gasteiger partial charge in [-0.3, -0.25) is 5.10 Å². The van der Waals surface area contributed by atoms with Crippen molar-refractivity contribution in [1.29, 1.82) is 0 Å². The van der Waals surface area contributed by atoms with Gasteiger partial charge in [-0.1, -0.05) is 13.8 Å². The quantitative estimate of drug-likeness (QED) is 0.665. The van der Waals surface area contributed by atoms with E-state index in [0.29, 0.717) is 5.92 Å². The molecule has 3 heteroatoms. The maximum absolute atomic E-state index is 4.14. The molecule has 2 aromatic rings. The van der Waals surface area contributed by atoms with Crippen molar-refractivity contribution < 1.29 is 0 Å². The van der Waals surface area contributed by atoms with E-state index < -0.39 is 0 Å². The number of hydrogen-bond donors (Lipinski definition) is 2. The van der Waals surface area contributed by atoms with Crippen molar-refractivity contribution in [1.82, 2.24) is 15.2 Å². The number of nitrogens with zero attached hydrogens (tertiary/aromatic N) is 1. The highest BCUT2D eigenvalue weighted by molar-refractivity contribution is 5.81. The van der Waals surface area contributed by atoms with Gasteiger partial charge in [0.15, 0.2) is 0 Å². The lowest BCUT2D eigenvalue weighted by atomic mass is 10.1. The van der Waals surface area contributed by atoms with Crippen molar-refractivity contribution in [3.8, 4) is 0 Å². The zero-order valence-corrected chi connectivity index (χ0v) is 7.60. The van der Waals surface area contributed by atoms with Crippen LogP contribution in [0.2, 0.25) is 0 Å². The fraction of sp³-hybridized carbons (Fsp3) is 0.444. The molecule has 0 atom stereocenters. The molecule has 0 aliphatic rings. The first-order valence-corrected chi connectivity index (χ1v) is 4.22. The van der Waals surface area contributed by atoms with Crippen molar-refractivity contribution in [3.05, 3.63) is 17.5 Å². The zero-order chi connectivity index (χ0) is 8.72. The minimum absolute atomic E-state index is 0.540. The summed E-state index contributed by atoms with van der Waals surface area (Å²) in [5.41, 5.74) is 4.64. The fourth-order valence-electron chi connectivity index (χ4n) is 1.50. The molecule has 2 rings (SSSR count). The molecule has 0 saturated heterocycles. The molecule has 3 nitrogen and oxygen atoms in total. The van der Waals surface area contributed by atoms with Crippen LogP contribution in [0.1, 0.15) is 31.0 Å². The molecule has 0 bridgehead atoms. The number of aromatic nitrogens is 3. The molecule has 0 aliphatic heterocycles. The fourth-order valence-corrected chi connectivity index (χ4v) is 1.50. The monoisotopic (exact) mass is 163 g/mol. The van der Waals surface area contributed by atoms with Crippen molar-refractivity contribution in [2.45, 2.75) is 26.7 Å². The third kappa shape index (κ3) is 0.858. The molecule has 12 heavy (non-hydrogen) atoms. The van der Waals surface area contributed by atoms with Crippen LogP contribution in [-0.4, -0.2) is 15.2 Å². The molecule has 2 aromatic heterocycles. The summed E-state index contributed by atoms with van der Waals surface area (Å²) in [4.78, 5) is 3.22. The van der Waals surface area contributed by atoms with Crippen LogP contribution >= 0.6 is 0 Å². The molecule has 0 aliphatic carbocycles. The molecule has 0 spiro atoms. The highest BCUT2D eigenvalue weighted by Gasteiger charge is 2.10. The van der Waals surface area contributed by atoms with Gasteiger partial charge >= 0.3 is 0 Å². The molecule has 64 valence electrons. The molecule has 0 fully saturated rings. The standard InChI is InChI=1S/C9H13N3/c1-5(2)7-4-10-8-6(3)11-12-9(7)8/h4-5,10H,1-3H3,(H,11,12). The van der Waals surface area contributed by atoms with Gasteiger partial charge in [-0.05, 0) is 18.4 Å². The van der Waals surface area contributed by atoms with Crippen LogP contribution in [0.3, 0.4) is 0 Å². The van der Waals surface area contributed by atoms with Crippen molar-refractivity contribution in [2.75, 3.05) is 0 Å². The Balaban J connectivity index is 2.71. The van der Waals surface area contributed by atoms with E-state index in [2.05, 4.69) is 35.2 Å². The van der Waals surface area contributed by atoms with E-state index in [4.69, 9.17) is 0 Å². The van der Waals surface area contributed by atoms with Gasteiger partial charge in [0.25, 0.3) is 0 Å². The third-order valence-electron chi connectivity index (χ3n) is 2.23. The minimum Gasteiger partial charge on any atom is -0.358 e. The number of hydrogen-bond acceptors (Lipinski definition) is 1. The van der Waals surface area contributed by atoms with E-state index in [1.807, 2.05) is 6.92 Å². The number of nitrogens with one attached hydrogen (secondary N) is 2. The summed E-state index contributed by atoms with van der Waals surface area (Å²) >= 11 is 0. The predicted octanol–water partition coefficient (Wildman–Crippen LogP) is 2.32. The second-order valence-electron chi connectivity index (χ2n) is 3.46. The highest BCUT2D eigenvalue weighted by Crippen LogP contribution is 2.24. The third-order valence-corrected chi connectivity index (χ3v) is 2.23. The number of rotatable bonds is 1. The number of fused-ring (bicyclic) bond motifs is 1. The van der Waals surface area contributed by atoms with Crippen LogP contribution in [0.4, 0.5) is 0 Å². The average molecular weight is 163 g/mol. The Labute approximate surface area is 71.2 Å². The second-order valence-corrected chi connectivity index (χ2v) is 3.46. The summed E-state index contributed by atoms with van der Waals surface area (Å²) in [5, 5.41) is 7.18. The van der Waals surface area contributed by atoms with E-state index in [-0.39, 0.29) is 0 Å². The van der Waals surface area contributed by atoms with Crippen LogP contribution in [0, 0.1) is 6.92 Å². The van der Waals surface area contributed by atoms with E-state index in [0.717, 1.165) is 16.7 Å². The highest BCUT2D eigenvalue weighted by atomic mass is 15.1. The van der Waals surface area contributed by atoms with Crippen LogP contribution in [0.25, 0.3) is 11.0 Å². The Morgan fingerprint density at radius 1 is 1.33 bits per heavy atom. The Morgan fingerprint density at radius 3 is 2.75 bits per heavy atom. The normalized spacial score (nSPS) is 11.7.